The maximum atomic E-state index is 6.05. The largest absolute Gasteiger partial charge is 0.339 e. The zero-order valence-corrected chi connectivity index (χ0v) is 12.6. The summed E-state index contributed by atoms with van der Waals surface area (Å²) in [5.74, 6) is 3.51. The Bertz CT molecular complexity index is 384. The van der Waals surface area contributed by atoms with Crippen molar-refractivity contribution in [1.29, 1.82) is 0 Å². The van der Waals surface area contributed by atoms with E-state index in [9.17, 15) is 0 Å². The Morgan fingerprint density at radius 3 is 2.32 bits per heavy atom. The van der Waals surface area contributed by atoms with Crippen LogP contribution in [0.25, 0.3) is 0 Å². The van der Waals surface area contributed by atoms with Gasteiger partial charge in [0.1, 0.15) is 0 Å². The minimum absolute atomic E-state index is 0.0414. The second kappa shape index (κ2) is 6.04. The van der Waals surface area contributed by atoms with Gasteiger partial charge in [0.2, 0.25) is 5.89 Å². The van der Waals surface area contributed by atoms with Gasteiger partial charge < -0.3 is 10.3 Å². The van der Waals surface area contributed by atoms with Crippen LogP contribution in [0.4, 0.5) is 0 Å². The average Bonchev–Trinajstić information content (AvgIpc) is 2.78. The predicted octanol–water partition coefficient (Wildman–Crippen LogP) is 3.45. The van der Waals surface area contributed by atoms with Crippen LogP contribution in [0.15, 0.2) is 4.52 Å². The summed E-state index contributed by atoms with van der Waals surface area (Å²) in [5, 5.41) is 4.21. The van der Waals surface area contributed by atoms with E-state index in [1.54, 1.807) is 0 Å². The Balaban J connectivity index is 2.09. The molecule has 1 saturated carbocycles. The quantitative estimate of drug-likeness (QED) is 0.905. The van der Waals surface area contributed by atoms with Gasteiger partial charge >= 0.3 is 0 Å². The third-order valence-electron chi connectivity index (χ3n) is 4.41. The molecule has 0 aromatic carbocycles. The highest BCUT2D eigenvalue weighted by Gasteiger charge is 2.29. The minimum atomic E-state index is 0.0414. The molecule has 2 rings (SSSR count). The Hall–Kier alpha value is -0.900. The van der Waals surface area contributed by atoms with Crippen molar-refractivity contribution < 1.29 is 4.52 Å². The molecule has 0 saturated heterocycles. The first-order chi connectivity index (χ1) is 8.99. The molecule has 2 atom stereocenters. The molecule has 1 heterocycles. The molecule has 1 aromatic heterocycles. The molecule has 1 aromatic rings. The predicted molar refractivity (Wildman–Crippen MR) is 75.9 cm³/mol. The molecule has 4 nitrogen and oxygen atoms in total. The van der Waals surface area contributed by atoms with Gasteiger partial charge in [-0.05, 0) is 31.6 Å². The number of aromatic nitrogens is 2. The van der Waals surface area contributed by atoms with Crippen molar-refractivity contribution in [1.82, 2.24) is 10.1 Å². The Labute approximate surface area is 116 Å². The Kier molecular flexibility index (Phi) is 4.61. The second-order valence-electron chi connectivity index (χ2n) is 6.58. The summed E-state index contributed by atoms with van der Waals surface area (Å²) in [6.45, 7) is 8.64. The van der Waals surface area contributed by atoms with E-state index in [-0.39, 0.29) is 12.0 Å². The minimum Gasteiger partial charge on any atom is -0.339 e. The summed E-state index contributed by atoms with van der Waals surface area (Å²) in [5.41, 5.74) is 6.05. The van der Waals surface area contributed by atoms with Crippen molar-refractivity contribution >= 4 is 0 Å². The van der Waals surface area contributed by atoms with Crippen LogP contribution in [0.3, 0.4) is 0 Å². The van der Waals surface area contributed by atoms with Crippen molar-refractivity contribution in [3.8, 4) is 0 Å². The van der Waals surface area contributed by atoms with Crippen molar-refractivity contribution in [2.45, 2.75) is 71.3 Å². The summed E-state index contributed by atoms with van der Waals surface area (Å²) < 4.78 is 5.49. The van der Waals surface area contributed by atoms with E-state index >= 15 is 0 Å². The summed E-state index contributed by atoms with van der Waals surface area (Å²) in [6, 6.07) is 0.0414. The van der Waals surface area contributed by atoms with Crippen LogP contribution in [0.1, 0.15) is 76.9 Å². The molecule has 0 radical (unpaired) electrons. The van der Waals surface area contributed by atoms with Gasteiger partial charge in [0.05, 0.1) is 5.92 Å². The third-order valence-corrected chi connectivity index (χ3v) is 4.41. The van der Waals surface area contributed by atoms with Gasteiger partial charge in [-0.25, -0.2) is 0 Å². The molecule has 0 bridgehead atoms. The van der Waals surface area contributed by atoms with E-state index in [4.69, 9.17) is 10.3 Å². The standard InChI is InChI=1S/C15H27N3O/c1-9(2)13(11(4)16)15-17-14(18-19-15)12-7-5-10(3)6-8-12/h9-13H,5-8,16H2,1-4H3. The zero-order valence-electron chi connectivity index (χ0n) is 12.6. The van der Waals surface area contributed by atoms with E-state index in [0.29, 0.717) is 11.8 Å². The van der Waals surface area contributed by atoms with E-state index in [0.717, 1.165) is 17.6 Å². The SMILES string of the molecule is CC1CCC(c2noc(C(C(C)C)C(C)N)n2)CC1. The molecular weight excluding hydrogens is 238 g/mol. The maximum absolute atomic E-state index is 6.05. The molecule has 19 heavy (non-hydrogen) atoms. The van der Waals surface area contributed by atoms with Gasteiger partial charge in [-0.2, -0.15) is 4.98 Å². The van der Waals surface area contributed by atoms with Gasteiger partial charge in [-0.1, -0.05) is 38.8 Å². The summed E-state index contributed by atoms with van der Waals surface area (Å²) in [4.78, 5) is 4.64. The highest BCUT2D eigenvalue weighted by atomic mass is 16.5. The molecule has 0 amide bonds. The number of rotatable bonds is 4. The number of hydrogen-bond donors (Lipinski definition) is 1. The zero-order chi connectivity index (χ0) is 14.0. The summed E-state index contributed by atoms with van der Waals surface area (Å²) in [6.07, 6.45) is 4.92. The first kappa shape index (κ1) is 14.5. The fourth-order valence-corrected chi connectivity index (χ4v) is 3.18. The molecular formula is C15H27N3O. The topological polar surface area (TPSA) is 64.9 Å². The lowest BCUT2D eigenvalue weighted by Crippen LogP contribution is -2.28. The average molecular weight is 265 g/mol. The first-order valence-corrected chi connectivity index (χ1v) is 7.58. The molecule has 0 aliphatic heterocycles. The van der Waals surface area contributed by atoms with Crippen molar-refractivity contribution in [2.75, 3.05) is 0 Å². The lowest BCUT2D eigenvalue weighted by molar-refractivity contribution is 0.292. The van der Waals surface area contributed by atoms with Crippen LogP contribution < -0.4 is 5.73 Å². The Morgan fingerprint density at radius 1 is 1.16 bits per heavy atom. The van der Waals surface area contributed by atoms with Crippen molar-refractivity contribution in [3.63, 3.8) is 0 Å². The summed E-state index contributed by atoms with van der Waals surface area (Å²) in [7, 11) is 0. The van der Waals surface area contributed by atoms with Crippen LogP contribution in [-0.2, 0) is 0 Å². The van der Waals surface area contributed by atoms with Crippen LogP contribution in [0.2, 0.25) is 0 Å². The Morgan fingerprint density at radius 2 is 1.79 bits per heavy atom. The molecule has 1 aliphatic carbocycles. The number of hydrogen-bond acceptors (Lipinski definition) is 4. The normalized spacial score (nSPS) is 27.5. The van der Waals surface area contributed by atoms with E-state index in [2.05, 4.69) is 30.9 Å². The third kappa shape index (κ3) is 3.35. The van der Waals surface area contributed by atoms with Gasteiger partial charge in [-0.15, -0.1) is 0 Å². The van der Waals surface area contributed by atoms with Gasteiger partial charge in [0, 0.05) is 12.0 Å². The lowest BCUT2D eigenvalue weighted by atomic mass is 9.82. The lowest BCUT2D eigenvalue weighted by Gasteiger charge is -2.23. The van der Waals surface area contributed by atoms with Crippen molar-refractivity contribution in [2.24, 2.45) is 17.6 Å². The molecule has 2 N–H and O–H groups in total. The van der Waals surface area contributed by atoms with Crippen LogP contribution in [-0.4, -0.2) is 16.2 Å². The van der Waals surface area contributed by atoms with Crippen molar-refractivity contribution in [3.05, 3.63) is 11.7 Å². The van der Waals surface area contributed by atoms with Crippen LogP contribution in [0, 0.1) is 11.8 Å². The second-order valence-corrected chi connectivity index (χ2v) is 6.58. The van der Waals surface area contributed by atoms with E-state index in [1.165, 1.54) is 25.7 Å². The van der Waals surface area contributed by atoms with E-state index in [1.807, 2.05) is 6.92 Å². The highest BCUT2D eigenvalue weighted by molar-refractivity contribution is 5.03. The fraction of sp³-hybridized carbons (Fsp3) is 0.867. The number of nitrogens with zero attached hydrogens (tertiary/aromatic N) is 2. The molecule has 108 valence electrons. The maximum Gasteiger partial charge on any atom is 0.231 e. The fourth-order valence-electron chi connectivity index (χ4n) is 3.18. The molecule has 2 unspecified atom stereocenters. The van der Waals surface area contributed by atoms with E-state index < -0.39 is 0 Å². The van der Waals surface area contributed by atoms with Gasteiger partial charge in [0.15, 0.2) is 5.82 Å². The smallest absolute Gasteiger partial charge is 0.231 e. The first-order valence-electron chi connectivity index (χ1n) is 7.58. The number of nitrogens with two attached hydrogens (primary N) is 1. The van der Waals surface area contributed by atoms with Crippen LogP contribution >= 0.6 is 0 Å². The van der Waals surface area contributed by atoms with Crippen LogP contribution in [0.5, 0.6) is 0 Å². The molecule has 1 fully saturated rings. The monoisotopic (exact) mass is 265 g/mol. The highest BCUT2D eigenvalue weighted by Crippen LogP contribution is 2.35. The summed E-state index contributed by atoms with van der Waals surface area (Å²) >= 11 is 0. The molecule has 1 aliphatic rings. The molecule has 0 spiro atoms. The van der Waals surface area contributed by atoms with Gasteiger partial charge in [-0.3, -0.25) is 0 Å². The molecule has 4 heteroatoms. The van der Waals surface area contributed by atoms with Gasteiger partial charge in [0.25, 0.3) is 0 Å².